The molecule has 1 aromatic heterocycles. The molecule has 1 aromatic rings. The molecular formula is C7H4BrF4N. The van der Waals surface area contributed by atoms with Crippen LogP contribution in [0.4, 0.5) is 17.6 Å². The van der Waals surface area contributed by atoms with Crippen LogP contribution in [0.2, 0.25) is 0 Å². The maximum Gasteiger partial charge on any atom is 0.264 e. The van der Waals surface area contributed by atoms with Crippen molar-refractivity contribution in [1.29, 1.82) is 0 Å². The van der Waals surface area contributed by atoms with Gasteiger partial charge < -0.3 is 0 Å². The lowest BCUT2D eigenvalue weighted by atomic mass is 10.1. The van der Waals surface area contributed by atoms with E-state index in [9.17, 15) is 17.6 Å². The molecular weight excluding hydrogens is 254 g/mol. The first-order valence-corrected chi connectivity index (χ1v) is 4.37. The summed E-state index contributed by atoms with van der Waals surface area (Å²) in [5, 5.41) is -0.119. The van der Waals surface area contributed by atoms with E-state index in [0.29, 0.717) is 6.07 Å². The average molecular weight is 258 g/mol. The third-order valence-corrected chi connectivity index (χ3v) is 2.01. The molecule has 1 nitrogen and oxygen atoms in total. The van der Waals surface area contributed by atoms with E-state index >= 15 is 0 Å². The Bertz CT molecular complexity index is 316. The van der Waals surface area contributed by atoms with Gasteiger partial charge in [-0.3, -0.25) is 0 Å². The fourth-order valence-corrected chi connectivity index (χ4v) is 1.41. The fraction of sp³-hybridized carbons (Fsp3) is 0.286. The Morgan fingerprint density at radius 3 is 2.46 bits per heavy atom. The van der Waals surface area contributed by atoms with Gasteiger partial charge in [0.1, 0.15) is 0 Å². The van der Waals surface area contributed by atoms with Gasteiger partial charge in [0.05, 0.1) is 0 Å². The van der Waals surface area contributed by atoms with Gasteiger partial charge in [-0.15, -0.1) is 0 Å². The smallest absolute Gasteiger partial charge is 0.205 e. The summed E-state index contributed by atoms with van der Waals surface area (Å²) in [6, 6.07) is 0.532. The Morgan fingerprint density at radius 2 is 2.00 bits per heavy atom. The largest absolute Gasteiger partial charge is 0.264 e. The molecule has 0 bridgehead atoms. The van der Waals surface area contributed by atoms with Gasteiger partial charge in [-0.1, -0.05) is 15.9 Å². The second-order valence-electron chi connectivity index (χ2n) is 2.24. The normalized spacial score (nSPS) is 10.9. The molecule has 1 rings (SSSR count). The SMILES string of the molecule is Fc1cc(C(F)F)c(CBr)c(F)n1. The van der Waals surface area contributed by atoms with Crippen molar-refractivity contribution >= 4 is 15.9 Å². The first-order chi connectivity index (χ1) is 6.06. The second-order valence-corrected chi connectivity index (χ2v) is 2.80. The maximum absolute atomic E-state index is 12.8. The molecule has 0 saturated carbocycles. The molecule has 0 aromatic carbocycles. The van der Waals surface area contributed by atoms with Crippen LogP contribution in [-0.2, 0) is 5.33 Å². The van der Waals surface area contributed by atoms with Crippen molar-refractivity contribution in [1.82, 2.24) is 4.98 Å². The minimum atomic E-state index is -2.90. The Kier molecular flexibility index (Phi) is 3.24. The molecule has 0 aliphatic rings. The zero-order valence-electron chi connectivity index (χ0n) is 6.20. The topological polar surface area (TPSA) is 12.9 Å². The number of alkyl halides is 3. The summed E-state index contributed by atoms with van der Waals surface area (Å²) in [6.45, 7) is 0. The molecule has 6 heteroatoms. The zero-order chi connectivity index (χ0) is 10.0. The standard InChI is InChI=1S/C7H4BrF4N/c8-2-4-3(6(10)11)1-5(9)13-7(4)12/h1,6H,2H2. The van der Waals surface area contributed by atoms with E-state index in [0.717, 1.165) is 0 Å². The van der Waals surface area contributed by atoms with Gasteiger partial charge in [0, 0.05) is 22.5 Å². The predicted molar refractivity (Wildman–Crippen MR) is 41.7 cm³/mol. The van der Waals surface area contributed by atoms with Crippen molar-refractivity contribution in [3.8, 4) is 0 Å². The summed E-state index contributed by atoms with van der Waals surface area (Å²) < 4.78 is 49.5. The van der Waals surface area contributed by atoms with Crippen molar-refractivity contribution in [2.24, 2.45) is 0 Å². The Morgan fingerprint density at radius 1 is 1.38 bits per heavy atom. The molecule has 0 fully saturated rings. The fourth-order valence-electron chi connectivity index (χ4n) is 0.855. The molecule has 0 saturated heterocycles. The number of pyridine rings is 1. The van der Waals surface area contributed by atoms with Crippen LogP contribution < -0.4 is 0 Å². The molecule has 0 unspecified atom stereocenters. The molecule has 0 radical (unpaired) electrons. The molecule has 0 aliphatic carbocycles. The Hall–Kier alpha value is -0.650. The van der Waals surface area contributed by atoms with Crippen LogP contribution in [0.1, 0.15) is 17.6 Å². The number of nitrogens with zero attached hydrogens (tertiary/aromatic N) is 1. The van der Waals surface area contributed by atoms with E-state index in [-0.39, 0.29) is 10.9 Å². The highest BCUT2D eigenvalue weighted by atomic mass is 79.9. The van der Waals surface area contributed by atoms with Gasteiger partial charge in [0.2, 0.25) is 11.9 Å². The number of hydrogen-bond donors (Lipinski definition) is 0. The maximum atomic E-state index is 12.8. The zero-order valence-corrected chi connectivity index (χ0v) is 7.78. The molecule has 0 aliphatic heterocycles. The summed E-state index contributed by atoms with van der Waals surface area (Å²) in [4.78, 5) is 2.79. The number of hydrogen-bond acceptors (Lipinski definition) is 1. The quantitative estimate of drug-likeness (QED) is 0.451. The van der Waals surface area contributed by atoms with Crippen LogP contribution in [0.15, 0.2) is 6.07 Å². The van der Waals surface area contributed by atoms with Gasteiger partial charge in [0.15, 0.2) is 0 Å². The highest BCUT2D eigenvalue weighted by Gasteiger charge is 2.18. The lowest BCUT2D eigenvalue weighted by Crippen LogP contribution is -2.01. The van der Waals surface area contributed by atoms with Crippen molar-refractivity contribution in [2.45, 2.75) is 11.8 Å². The summed E-state index contributed by atoms with van der Waals surface area (Å²) in [6.07, 6.45) is -2.90. The second kappa shape index (κ2) is 4.04. The van der Waals surface area contributed by atoms with E-state index < -0.39 is 23.9 Å². The summed E-state index contributed by atoms with van der Waals surface area (Å²) >= 11 is 2.82. The van der Waals surface area contributed by atoms with Crippen molar-refractivity contribution in [3.05, 3.63) is 29.1 Å². The highest BCUT2D eigenvalue weighted by Crippen LogP contribution is 2.26. The lowest BCUT2D eigenvalue weighted by molar-refractivity contribution is 0.149. The molecule has 1 heterocycles. The lowest BCUT2D eigenvalue weighted by Gasteiger charge is -2.06. The third-order valence-electron chi connectivity index (χ3n) is 1.45. The molecule has 0 amide bonds. The molecule has 72 valence electrons. The molecule has 0 N–H and O–H groups in total. The van der Waals surface area contributed by atoms with Gasteiger partial charge in [-0.05, 0) is 0 Å². The molecule has 13 heavy (non-hydrogen) atoms. The predicted octanol–water partition coefficient (Wildman–Crippen LogP) is 3.19. The summed E-state index contributed by atoms with van der Waals surface area (Å²) in [7, 11) is 0. The number of aromatic nitrogens is 1. The van der Waals surface area contributed by atoms with Crippen LogP contribution >= 0.6 is 15.9 Å². The van der Waals surface area contributed by atoms with Gasteiger partial charge >= 0.3 is 0 Å². The van der Waals surface area contributed by atoms with Gasteiger partial charge in [-0.25, -0.2) is 8.78 Å². The average Bonchev–Trinajstić information content (AvgIpc) is 2.02. The Balaban J connectivity index is 3.29. The van der Waals surface area contributed by atoms with E-state index in [2.05, 4.69) is 20.9 Å². The van der Waals surface area contributed by atoms with E-state index in [1.165, 1.54) is 0 Å². The number of rotatable bonds is 2. The van der Waals surface area contributed by atoms with Crippen LogP contribution in [0, 0.1) is 11.9 Å². The van der Waals surface area contributed by atoms with Crippen LogP contribution in [0.25, 0.3) is 0 Å². The van der Waals surface area contributed by atoms with E-state index in [1.807, 2.05) is 0 Å². The highest BCUT2D eigenvalue weighted by molar-refractivity contribution is 9.08. The minimum absolute atomic E-state index is 0.119. The van der Waals surface area contributed by atoms with E-state index in [4.69, 9.17) is 0 Å². The first kappa shape index (κ1) is 10.4. The van der Waals surface area contributed by atoms with Gasteiger partial charge in [-0.2, -0.15) is 13.8 Å². The third kappa shape index (κ3) is 2.18. The van der Waals surface area contributed by atoms with Crippen molar-refractivity contribution < 1.29 is 17.6 Å². The van der Waals surface area contributed by atoms with Crippen molar-refractivity contribution in [2.75, 3.05) is 0 Å². The van der Waals surface area contributed by atoms with Crippen LogP contribution in [-0.4, -0.2) is 4.98 Å². The van der Waals surface area contributed by atoms with Gasteiger partial charge in [0.25, 0.3) is 6.43 Å². The summed E-state index contributed by atoms with van der Waals surface area (Å²) in [5.74, 6) is -2.44. The van der Waals surface area contributed by atoms with Crippen molar-refractivity contribution in [3.63, 3.8) is 0 Å². The molecule has 0 atom stereocenters. The van der Waals surface area contributed by atoms with Crippen LogP contribution in [0.5, 0.6) is 0 Å². The first-order valence-electron chi connectivity index (χ1n) is 3.25. The van der Waals surface area contributed by atoms with E-state index in [1.54, 1.807) is 0 Å². The summed E-state index contributed by atoms with van der Waals surface area (Å²) in [5.41, 5.74) is -0.974. The monoisotopic (exact) mass is 257 g/mol. The molecule has 0 spiro atoms. The Labute approximate surface area is 79.9 Å². The minimum Gasteiger partial charge on any atom is -0.205 e. The van der Waals surface area contributed by atoms with Crippen LogP contribution in [0.3, 0.4) is 0 Å². The number of halogens is 5.